The Labute approximate surface area is 132 Å². The first-order valence-electron chi connectivity index (χ1n) is 7.28. The van der Waals surface area contributed by atoms with Gasteiger partial charge in [0.15, 0.2) is 5.37 Å². The van der Waals surface area contributed by atoms with E-state index in [2.05, 4.69) is 0 Å². The van der Waals surface area contributed by atoms with Crippen molar-refractivity contribution in [1.29, 1.82) is 0 Å². The van der Waals surface area contributed by atoms with Crippen LogP contribution in [0.15, 0.2) is 54.6 Å². The van der Waals surface area contributed by atoms with Gasteiger partial charge < -0.3 is 4.90 Å². The summed E-state index contributed by atoms with van der Waals surface area (Å²) in [6, 6.07) is 16.4. The van der Waals surface area contributed by atoms with Gasteiger partial charge in [-0.2, -0.15) is 8.42 Å². The van der Waals surface area contributed by atoms with Gasteiger partial charge in [0.25, 0.3) is 10.1 Å². The molecule has 2 rings (SSSR count). The first kappa shape index (κ1) is 16.5. The summed E-state index contributed by atoms with van der Waals surface area (Å²) in [4.78, 5) is 1.73. The standard InChI is InChI=1S/C17H21NO3S/c1-3-12-18(16-11-7-8-14(2)13-16)17(22(19,20)21)15-9-5-4-6-10-15/h4-11,13,17H,3,12H2,1-2H3,(H,19,20,21). The molecular formula is C17H21NO3S. The van der Waals surface area contributed by atoms with E-state index in [4.69, 9.17) is 0 Å². The summed E-state index contributed by atoms with van der Waals surface area (Å²) in [5.41, 5.74) is 2.38. The Kier molecular flexibility index (Phi) is 5.21. The molecule has 0 aromatic heterocycles. The summed E-state index contributed by atoms with van der Waals surface area (Å²) in [5, 5.41) is -1.10. The minimum atomic E-state index is -4.27. The molecule has 0 heterocycles. The Bertz CT molecular complexity index is 714. The topological polar surface area (TPSA) is 57.6 Å². The van der Waals surface area contributed by atoms with Crippen LogP contribution in [0, 0.1) is 6.92 Å². The van der Waals surface area contributed by atoms with Crippen LogP contribution in [-0.4, -0.2) is 19.5 Å². The molecule has 22 heavy (non-hydrogen) atoms. The van der Waals surface area contributed by atoms with Crippen LogP contribution in [0.3, 0.4) is 0 Å². The third kappa shape index (κ3) is 3.87. The molecule has 1 N–H and O–H groups in total. The van der Waals surface area contributed by atoms with Crippen LogP contribution < -0.4 is 4.90 Å². The van der Waals surface area contributed by atoms with Crippen molar-refractivity contribution in [3.63, 3.8) is 0 Å². The van der Waals surface area contributed by atoms with Crippen molar-refractivity contribution in [2.24, 2.45) is 0 Å². The molecule has 5 heteroatoms. The molecule has 0 radical (unpaired) electrons. The third-order valence-electron chi connectivity index (χ3n) is 3.45. The fourth-order valence-electron chi connectivity index (χ4n) is 2.56. The molecule has 1 unspecified atom stereocenters. The summed E-state index contributed by atoms with van der Waals surface area (Å²) in [7, 11) is -4.27. The van der Waals surface area contributed by atoms with Gasteiger partial charge in [0.05, 0.1) is 0 Å². The molecule has 0 amide bonds. The number of benzene rings is 2. The Morgan fingerprint density at radius 2 is 1.77 bits per heavy atom. The van der Waals surface area contributed by atoms with E-state index in [1.54, 1.807) is 29.2 Å². The molecule has 0 spiro atoms. The molecule has 0 aliphatic carbocycles. The molecule has 0 fully saturated rings. The number of nitrogens with zero attached hydrogens (tertiary/aromatic N) is 1. The van der Waals surface area contributed by atoms with E-state index in [9.17, 15) is 13.0 Å². The highest BCUT2D eigenvalue weighted by Crippen LogP contribution is 2.31. The highest BCUT2D eigenvalue weighted by molar-refractivity contribution is 7.86. The highest BCUT2D eigenvalue weighted by Gasteiger charge is 2.31. The minimum Gasteiger partial charge on any atom is -0.349 e. The molecule has 4 nitrogen and oxygen atoms in total. The maximum atomic E-state index is 12.0. The first-order chi connectivity index (χ1) is 10.4. The normalized spacial score (nSPS) is 12.9. The quantitative estimate of drug-likeness (QED) is 0.823. The van der Waals surface area contributed by atoms with Crippen molar-refractivity contribution in [2.45, 2.75) is 25.6 Å². The second kappa shape index (κ2) is 6.94. The Morgan fingerprint density at radius 3 is 2.32 bits per heavy atom. The Balaban J connectivity index is 2.55. The van der Waals surface area contributed by atoms with Crippen LogP contribution in [0.2, 0.25) is 0 Å². The minimum absolute atomic E-state index is 0.531. The average Bonchev–Trinajstić information content (AvgIpc) is 2.46. The van der Waals surface area contributed by atoms with Gasteiger partial charge in [-0.25, -0.2) is 0 Å². The fraction of sp³-hybridized carbons (Fsp3) is 0.294. The molecule has 0 aliphatic heterocycles. The van der Waals surface area contributed by atoms with Gasteiger partial charge in [0, 0.05) is 12.2 Å². The molecule has 2 aromatic rings. The van der Waals surface area contributed by atoms with Crippen LogP contribution in [0.25, 0.3) is 0 Å². The van der Waals surface area contributed by atoms with Crippen molar-refractivity contribution in [2.75, 3.05) is 11.4 Å². The fourth-order valence-corrected chi connectivity index (χ4v) is 3.61. The van der Waals surface area contributed by atoms with E-state index < -0.39 is 15.5 Å². The summed E-state index contributed by atoms with van der Waals surface area (Å²) >= 11 is 0. The van der Waals surface area contributed by atoms with E-state index in [-0.39, 0.29) is 0 Å². The molecule has 0 bridgehead atoms. The van der Waals surface area contributed by atoms with Gasteiger partial charge in [-0.3, -0.25) is 4.55 Å². The van der Waals surface area contributed by atoms with Gasteiger partial charge in [-0.1, -0.05) is 49.4 Å². The van der Waals surface area contributed by atoms with Crippen LogP contribution in [-0.2, 0) is 10.1 Å². The first-order valence-corrected chi connectivity index (χ1v) is 8.78. The predicted octanol–water partition coefficient (Wildman–Crippen LogP) is 3.80. The summed E-state index contributed by atoms with van der Waals surface area (Å²) < 4.78 is 33.8. The number of aryl methyl sites for hydroxylation is 1. The van der Waals surface area contributed by atoms with Crippen molar-refractivity contribution in [3.8, 4) is 0 Å². The second-order valence-corrected chi connectivity index (χ2v) is 6.79. The van der Waals surface area contributed by atoms with Gasteiger partial charge in [0.1, 0.15) is 0 Å². The van der Waals surface area contributed by atoms with Crippen molar-refractivity contribution >= 4 is 15.8 Å². The lowest BCUT2D eigenvalue weighted by Gasteiger charge is -2.32. The van der Waals surface area contributed by atoms with Crippen LogP contribution in [0.5, 0.6) is 0 Å². The van der Waals surface area contributed by atoms with Crippen LogP contribution in [0.4, 0.5) is 5.69 Å². The lowest BCUT2D eigenvalue weighted by atomic mass is 10.1. The van der Waals surface area contributed by atoms with E-state index in [0.29, 0.717) is 12.1 Å². The van der Waals surface area contributed by atoms with Crippen molar-refractivity contribution in [1.82, 2.24) is 0 Å². The summed E-state index contributed by atoms with van der Waals surface area (Å²) in [6.45, 7) is 4.47. The Morgan fingerprint density at radius 1 is 1.09 bits per heavy atom. The number of hydrogen-bond donors (Lipinski definition) is 1. The van der Waals surface area contributed by atoms with Gasteiger partial charge in [-0.15, -0.1) is 0 Å². The van der Waals surface area contributed by atoms with Gasteiger partial charge in [0.2, 0.25) is 0 Å². The lowest BCUT2D eigenvalue weighted by Crippen LogP contribution is -2.34. The molecule has 0 saturated heterocycles. The van der Waals surface area contributed by atoms with E-state index in [0.717, 1.165) is 17.7 Å². The zero-order valence-electron chi connectivity index (χ0n) is 12.8. The van der Waals surface area contributed by atoms with E-state index in [1.807, 2.05) is 44.2 Å². The highest BCUT2D eigenvalue weighted by atomic mass is 32.2. The summed E-state index contributed by atoms with van der Waals surface area (Å²) in [5.74, 6) is 0. The number of rotatable bonds is 6. The van der Waals surface area contributed by atoms with Gasteiger partial charge in [-0.05, 0) is 36.6 Å². The lowest BCUT2D eigenvalue weighted by molar-refractivity contribution is 0.464. The smallest absolute Gasteiger partial charge is 0.290 e. The van der Waals surface area contributed by atoms with E-state index >= 15 is 0 Å². The van der Waals surface area contributed by atoms with E-state index in [1.165, 1.54) is 0 Å². The number of hydrogen-bond acceptors (Lipinski definition) is 3. The van der Waals surface area contributed by atoms with Gasteiger partial charge >= 0.3 is 0 Å². The number of anilines is 1. The molecular weight excluding hydrogens is 298 g/mol. The molecule has 0 aliphatic rings. The maximum Gasteiger partial charge on any atom is 0.290 e. The maximum absolute atomic E-state index is 12.0. The largest absolute Gasteiger partial charge is 0.349 e. The zero-order chi connectivity index (χ0) is 16.2. The van der Waals surface area contributed by atoms with Crippen LogP contribution in [0.1, 0.15) is 29.8 Å². The van der Waals surface area contributed by atoms with Crippen molar-refractivity contribution in [3.05, 3.63) is 65.7 Å². The monoisotopic (exact) mass is 319 g/mol. The molecule has 2 aromatic carbocycles. The predicted molar refractivity (Wildman–Crippen MR) is 89.5 cm³/mol. The van der Waals surface area contributed by atoms with Crippen molar-refractivity contribution < 1.29 is 13.0 Å². The van der Waals surface area contributed by atoms with Crippen LogP contribution >= 0.6 is 0 Å². The Hall–Kier alpha value is -1.85. The molecule has 118 valence electrons. The summed E-state index contributed by atoms with van der Waals surface area (Å²) in [6.07, 6.45) is 0.771. The molecule has 0 saturated carbocycles. The second-order valence-electron chi connectivity index (χ2n) is 5.31. The average molecular weight is 319 g/mol. The molecule has 1 atom stereocenters. The third-order valence-corrected chi connectivity index (χ3v) is 4.54. The SMILES string of the molecule is CCCN(c1cccc(C)c1)C(c1ccccc1)S(=O)(=O)O. The zero-order valence-corrected chi connectivity index (χ0v) is 13.6.